The van der Waals surface area contributed by atoms with Crippen molar-refractivity contribution in [1.82, 2.24) is 10.6 Å². The van der Waals surface area contributed by atoms with Crippen LogP contribution in [0.1, 0.15) is 52.9 Å². The summed E-state index contributed by atoms with van der Waals surface area (Å²) in [6.07, 6.45) is 6.11. The number of guanidine groups is 1. The SMILES string of the molecule is CCCCCCNC(=NCCCOCC)NCC. The Balaban J connectivity index is 3.65. The zero-order valence-electron chi connectivity index (χ0n) is 12.4. The lowest BCUT2D eigenvalue weighted by molar-refractivity contribution is 0.146. The molecule has 0 aromatic carbocycles. The van der Waals surface area contributed by atoms with Crippen LogP contribution >= 0.6 is 0 Å². The van der Waals surface area contributed by atoms with E-state index in [2.05, 4.69) is 29.5 Å². The maximum atomic E-state index is 5.29. The molecule has 0 amide bonds. The van der Waals surface area contributed by atoms with E-state index in [1.807, 2.05) is 6.92 Å². The topological polar surface area (TPSA) is 45.7 Å². The lowest BCUT2D eigenvalue weighted by atomic mass is 10.2. The van der Waals surface area contributed by atoms with E-state index < -0.39 is 0 Å². The number of ether oxygens (including phenoxy) is 1. The van der Waals surface area contributed by atoms with E-state index in [0.29, 0.717) is 0 Å². The molecule has 0 aromatic heterocycles. The van der Waals surface area contributed by atoms with Crippen molar-refractivity contribution < 1.29 is 4.74 Å². The first-order valence-electron chi connectivity index (χ1n) is 7.45. The van der Waals surface area contributed by atoms with Gasteiger partial charge in [0.1, 0.15) is 0 Å². The van der Waals surface area contributed by atoms with Crippen molar-refractivity contribution in [3.63, 3.8) is 0 Å². The lowest BCUT2D eigenvalue weighted by Crippen LogP contribution is -2.37. The smallest absolute Gasteiger partial charge is 0.191 e. The van der Waals surface area contributed by atoms with Crippen LogP contribution in [0.2, 0.25) is 0 Å². The molecule has 0 rings (SSSR count). The van der Waals surface area contributed by atoms with Crippen LogP contribution in [0.5, 0.6) is 0 Å². The minimum Gasteiger partial charge on any atom is -0.382 e. The Kier molecular flexibility index (Phi) is 13.7. The zero-order valence-corrected chi connectivity index (χ0v) is 12.4. The summed E-state index contributed by atoms with van der Waals surface area (Å²) in [6, 6.07) is 0. The lowest BCUT2D eigenvalue weighted by Gasteiger charge is -2.11. The zero-order chi connectivity index (χ0) is 13.5. The Morgan fingerprint density at radius 3 is 2.50 bits per heavy atom. The van der Waals surface area contributed by atoms with E-state index in [-0.39, 0.29) is 0 Å². The number of hydrogen-bond donors (Lipinski definition) is 2. The fraction of sp³-hybridized carbons (Fsp3) is 0.929. The second kappa shape index (κ2) is 14.3. The summed E-state index contributed by atoms with van der Waals surface area (Å²) in [6.45, 7) is 10.7. The van der Waals surface area contributed by atoms with Gasteiger partial charge in [0.05, 0.1) is 0 Å². The second-order valence-corrected chi connectivity index (χ2v) is 4.30. The summed E-state index contributed by atoms with van der Waals surface area (Å²) in [5.74, 6) is 0.936. The standard InChI is InChI=1S/C14H31N3O/c1-4-7-8-9-11-16-14(15-5-2)17-12-10-13-18-6-3/h4-13H2,1-3H3,(H2,15,16,17). The third kappa shape index (κ3) is 11.7. The van der Waals surface area contributed by atoms with E-state index in [1.165, 1.54) is 25.7 Å². The molecule has 0 saturated carbocycles. The summed E-state index contributed by atoms with van der Waals surface area (Å²) in [5.41, 5.74) is 0. The molecule has 0 atom stereocenters. The van der Waals surface area contributed by atoms with Crippen LogP contribution in [-0.4, -0.2) is 38.8 Å². The van der Waals surface area contributed by atoms with Crippen molar-refractivity contribution in [3.05, 3.63) is 0 Å². The van der Waals surface area contributed by atoms with Gasteiger partial charge in [0, 0.05) is 32.8 Å². The molecular weight excluding hydrogens is 226 g/mol. The maximum Gasteiger partial charge on any atom is 0.191 e. The van der Waals surface area contributed by atoms with Crippen LogP contribution in [0.25, 0.3) is 0 Å². The average Bonchev–Trinajstić information content (AvgIpc) is 2.38. The molecule has 4 heteroatoms. The van der Waals surface area contributed by atoms with Gasteiger partial charge in [0.2, 0.25) is 0 Å². The van der Waals surface area contributed by atoms with Gasteiger partial charge in [0.15, 0.2) is 5.96 Å². The fourth-order valence-electron chi connectivity index (χ4n) is 1.60. The summed E-state index contributed by atoms with van der Waals surface area (Å²) < 4.78 is 5.29. The van der Waals surface area contributed by atoms with Crippen molar-refractivity contribution in [3.8, 4) is 0 Å². The van der Waals surface area contributed by atoms with Crippen molar-refractivity contribution in [2.75, 3.05) is 32.8 Å². The Labute approximate surface area is 113 Å². The van der Waals surface area contributed by atoms with Gasteiger partial charge in [-0.1, -0.05) is 26.2 Å². The van der Waals surface area contributed by atoms with Crippen LogP contribution in [0, 0.1) is 0 Å². The highest BCUT2D eigenvalue weighted by Gasteiger charge is 1.96. The van der Waals surface area contributed by atoms with Crippen LogP contribution in [0.15, 0.2) is 4.99 Å². The van der Waals surface area contributed by atoms with E-state index in [0.717, 1.165) is 45.2 Å². The summed E-state index contributed by atoms with van der Waals surface area (Å²) >= 11 is 0. The molecule has 18 heavy (non-hydrogen) atoms. The van der Waals surface area contributed by atoms with E-state index in [9.17, 15) is 0 Å². The molecule has 0 fully saturated rings. The number of unbranched alkanes of at least 4 members (excludes halogenated alkanes) is 3. The molecule has 0 bridgehead atoms. The van der Waals surface area contributed by atoms with Crippen molar-refractivity contribution in [2.45, 2.75) is 52.9 Å². The number of rotatable bonds is 11. The van der Waals surface area contributed by atoms with E-state index in [1.54, 1.807) is 0 Å². The summed E-state index contributed by atoms with van der Waals surface area (Å²) in [4.78, 5) is 4.52. The molecule has 4 nitrogen and oxygen atoms in total. The van der Waals surface area contributed by atoms with Crippen LogP contribution in [0.4, 0.5) is 0 Å². The van der Waals surface area contributed by atoms with Gasteiger partial charge in [-0.25, -0.2) is 0 Å². The highest BCUT2D eigenvalue weighted by atomic mass is 16.5. The van der Waals surface area contributed by atoms with Crippen molar-refractivity contribution >= 4 is 5.96 Å². The molecule has 0 aliphatic carbocycles. The molecule has 2 N–H and O–H groups in total. The van der Waals surface area contributed by atoms with E-state index >= 15 is 0 Å². The minimum absolute atomic E-state index is 0.791. The normalized spacial score (nSPS) is 11.6. The van der Waals surface area contributed by atoms with Crippen LogP contribution < -0.4 is 10.6 Å². The monoisotopic (exact) mass is 257 g/mol. The molecule has 0 saturated heterocycles. The minimum atomic E-state index is 0.791. The number of hydrogen-bond acceptors (Lipinski definition) is 2. The quantitative estimate of drug-likeness (QED) is 0.340. The largest absolute Gasteiger partial charge is 0.382 e. The van der Waals surface area contributed by atoms with Gasteiger partial charge in [0.25, 0.3) is 0 Å². The molecule has 0 aliphatic heterocycles. The summed E-state index contributed by atoms with van der Waals surface area (Å²) in [7, 11) is 0. The molecule has 0 heterocycles. The Hall–Kier alpha value is -0.770. The molecule has 0 radical (unpaired) electrons. The van der Waals surface area contributed by atoms with Crippen LogP contribution in [0.3, 0.4) is 0 Å². The van der Waals surface area contributed by atoms with Gasteiger partial charge in [-0.15, -0.1) is 0 Å². The van der Waals surface area contributed by atoms with Gasteiger partial charge in [-0.3, -0.25) is 4.99 Å². The first kappa shape index (κ1) is 17.2. The van der Waals surface area contributed by atoms with Gasteiger partial charge in [-0.05, 0) is 26.7 Å². The molecule has 0 aromatic rings. The maximum absolute atomic E-state index is 5.29. The predicted octanol–water partition coefficient (Wildman–Crippen LogP) is 2.55. The third-order valence-electron chi connectivity index (χ3n) is 2.59. The van der Waals surface area contributed by atoms with Gasteiger partial charge < -0.3 is 15.4 Å². The number of aliphatic imine (C=N–C) groups is 1. The van der Waals surface area contributed by atoms with E-state index in [4.69, 9.17) is 4.74 Å². The second-order valence-electron chi connectivity index (χ2n) is 4.30. The predicted molar refractivity (Wildman–Crippen MR) is 79.2 cm³/mol. The highest BCUT2D eigenvalue weighted by Crippen LogP contribution is 1.96. The number of nitrogens with one attached hydrogen (secondary N) is 2. The van der Waals surface area contributed by atoms with Crippen molar-refractivity contribution in [1.29, 1.82) is 0 Å². The number of nitrogens with zero attached hydrogens (tertiary/aromatic N) is 1. The van der Waals surface area contributed by atoms with Gasteiger partial charge in [-0.2, -0.15) is 0 Å². The molecule has 0 aliphatic rings. The average molecular weight is 257 g/mol. The van der Waals surface area contributed by atoms with Crippen LogP contribution in [-0.2, 0) is 4.74 Å². The first-order valence-corrected chi connectivity index (χ1v) is 7.45. The Morgan fingerprint density at radius 1 is 1.00 bits per heavy atom. The fourth-order valence-corrected chi connectivity index (χ4v) is 1.60. The van der Waals surface area contributed by atoms with Crippen molar-refractivity contribution in [2.24, 2.45) is 4.99 Å². The Morgan fingerprint density at radius 2 is 1.83 bits per heavy atom. The molecule has 108 valence electrons. The molecule has 0 unspecified atom stereocenters. The molecule has 0 spiro atoms. The Bertz CT molecular complexity index is 195. The highest BCUT2D eigenvalue weighted by molar-refractivity contribution is 5.79. The van der Waals surface area contributed by atoms with Gasteiger partial charge >= 0.3 is 0 Å². The third-order valence-corrected chi connectivity index (χ3v) is 2.59. The summed E-state index contributed by atoms with van der Waals surface area (Å²) in [5, 5.41) is 6.63. The molecular formula is C14H31N3O. The first-order chi connectivity index (χ1) is 8.85.